The van der Waals surface area contributed by atoms with Crippen LogP contribution in [-0.4, -0.2) is 43.6 Å². The van der Waals surface area contributed by atoms with E-state index in [9.17, 15) is 4.79 Å². The van der Waals surface area contributed by atoms with E-state index in [1.807, 2.05) is 36.5 Å². The Morgan fingerprint density at radius 3 is 2.74 bits per heavy atom. The van der Waals surface area contributed by atoms with E-state index in [0.29, 0.717) is 36.0 Å². The van der Waals surface area contributed by atoms with E-state index in [1.54, 1.807) is 13.1 Å². The largest absolute Gasteiger partial charge is 0.361 e. The number of hydrogen-bond donors (Lipinski definition) is 0. The minimum Gasteiger partial charge on any atom is -0.361 e. The predicted octanol–water partition coefficient (Wildman–Crippen LogP) is 2.95. The van der Waals surface area contributed by atoms with E-state index in [0.717, 1.165) is 30.8 Å². The van der Waals surface area contributed by atoms with Gasteiger partial charge in [-0.15, -0.1) is 0 Å². The molecule has 3 aromatic heterocycles. The highest BCUT2D eigenvalue weighted by atomic mass is 16.5. The van der Waals surface area contributed by atoms with E-state index in [2.05, 4.69) is 25.8 Å². The minimum absolute atomic E-state index is 0.0170. The molecule has 140 valence electrons. The molecule has 1 aliphatic heterocycles. The summed E-state index contributed by atoms with van der Waals surface area (Å²) < 4.78 is 7.33. The summed E-state index contributed by atoms with van der Waals surface area (Å²) in [6, 6.07) is 4.02. The van der Waals surface area contributed by atoms with Crippen LogP contribution < -0.4 is 0 Å². The Balaban J connectivity index is 1.43. The molecule has 0 saturated carbocycles. The standard InChI is InChI=1S/C20H23N5O2/c1-14-18(15(2)27-23-14)20(26)24-9-5-17(6-10-24)19-22-8-11-25(19)13-16-4-3-7-21-12-16/h3-4,7-8,11-12,17H,5-6,9-10,13H2,1-2H3. The zero-order valence-electron chi connectivity index (χ0n) is 15.6. The van der Waals surface area contributed by atoms with Crippen molar-refractivity contribution in [2.24, 2.45) is 0 Å². The summed E-state index contributed by atoms with van der Waals surface area (Å²) >= 11 is 0. The number of amides is 1. The molecular formula is C20H23N5O2. The number of aromatic nitrogens is 4. The number of piperidine rings is 1. The summed E-state index contributed by atoms with van der Waals surface area (Å²) in [5.41, 5.74) is 2.42. The van der Waals surface area contributed by atoms with Crippen LogP contribution in [0, 0.1) is 13.8 Å². The molecule has 0 atom stereocenters. The lowest BCUT2D eigenvalue weighted by molar-refractivity contribution is 0.0708. The molecule has 0 bridgehead atoms. The van der Waals surface area contributed by atoms with Gasteiger partial charge in [0.15, 0.2) is 0 Å². The number of carbonyl (C=O) groups is 1. The molecule has 0 aromatic carbocycles. The third-order valence-corrected chi connectivity index (χ3v) is 5.22. The van der Waals surface area contributed by atoms with Crippen molar-refractivity contribution in [1.82, 2.24) is 24.6 Å². The highest BCUT2D eigenvalue weighted by Crippen LogP contribution is 2.28. The van der Waals surface area contributed by atoms with Crippen molar-refractivity contribution in [2.45, 2.75) is 39.2 Å². The van der Waals surface area contributed by atoms with Crippen LogP contribution in [-0.2, 0) is 6.54 Å². The third kappa shape index (κ3) is 3.49. The lowest BCUT2D eigenvalue weighted by Crippen LogP contribution is -2.38. The SMILES string of the molecule is Cc1noc(C)c1C(=O)N1CCC(c2nccn2Cc2cccnc2)CC1. The minimum atomic E-state index is 0.0170. The highest BCUT2D eigenvalue weighted by molar-refractivity contribution is 5.96. The fourth-order valence-corrected chi connectivity index (χ4v) is 3.79. The second-order valence-corrected chi connectivity index (χ2v) is 7.04. The van der Waals surface area contributed by atoms with E-state index < -0.39 is 0 Å². The lowest BCUT2D eigenvalue weighted by atomic mass is 9.95. The molecule has 4 heterocycles. The summed E-state index contributed by atoms with van der Waals surface area (Å²) in [6.45, 7) is 5.79. The number of pyridine rings is 1. The molecule has 0 unspecified atom stereocenters. The van der Waals surface area contributed by atoms with Crippen LogP contribution in [0.1, 0.15) is 52.0 Å². The monoisotopic (exact) mass is 365 g/mol. The quantitative estimate of drug-likeness (QED) is 0.710. The number of nitrogens with zero attached hydrogens (tertiary/aromatic N) is 5. The molecule has 7 heteroatoms. The van der Waals surface area contributed by atoms with Gasteiger partial charge >= 0.3 is 0 Å². The van der Waals surface area contributed by atoms with Crippen molar-refractivity contribution in [1.29, 1.82) is 0 Å². The van der Waals surface area contributed by atoms with Crippen molar-refractivity contribution >= 4 is 5.91 Å². The van der Waals surface area contributed by atoms with Crippen LogP contribution in [0.15, 0.2) is 41.4 Å². The molecule has 27 heavy (non-hydrogen) atoms. The normalized spacial score (nSPS) is 15.3. The Kier molecular flexibility index (Phi) is 4.75. The number of hydrogen-bond acceptors (Lipinski definition) is 5. The maximum Gasteiger partial charge on any atom is 0.259 e. The fourth-order valence-electron chi connectivity index (χ4n) is 3.79. The second-order valence-electron chi connectivity index (χ2n) is 7.04. The first-order valence-electron chi connectivity index (χ1n) is 9.25. The van der Waals surface area contributed by atoms with Gasteiger partial charge in [0.1, 0.15) is 17.1 Å². The number of aryl methyl sites for hydroxylation is 2. The summed E-state index contributed by atoms with van der Waals surface area (Å²) in [4.78, 5) is 23.5. The van der Waals surface area contributed by atoms with Crippen molar-refractivity contribution in [3.8, 4) is 0 Å². The van der Waals surface area contributed by atoms with Crippen molar-refractivity contribution < 1.29 is 9.32 Å². The van der Waals surface area contributed by atoms with Crippen LogP contribution in [0.4, 0.5) is 0 Å². The van der Waals surface area contributed by atoms with Gasteiger partial charge in [-0.3, -0.25) is 9.78 Å². The smallest absolute Gasteiger partial charge is 0.259 e. The topological polar surface area (TPSA) is 77.0 Å². The van der Waals surface area contributed by atoms with Gasteiger partial charge in [-0.05, 0) is 38.3 Å². The molecular weight excluding hydrogens is 342 g/mol. The molecule has 1 saturated heterocycles. The average Bonchev–Trinajstić information content (AvgIpc) is 3.28. The first-order valence-corrected chi connectivity index (χ1v) is 9.25. The number of carbonyl (C=O) groups excluding carboxylic acids is 1. The van der Waals surface area contributed by atoms with E-state index in [4.69, 9.17) is 4.52 Å². The summed E-state index contributed by atoms with van der Waals surface area (Å²) in [5, 5.41) is 3.90. The first-order chi connectivity index (χ1) is 13.1. The Morgan fingerprint density at radius 2 is 2.07 bits per heavy atom. The maximum atomic E-state index is 12.8. The van der Waals surface area contributed by atoms with Gasteiger partial charge in [-0.25, -0.2) is 4.98 Å². The lowest BCUT2D eigenvalue weighted by Gasteiger charge is -2.32. The van der Waals surface area contributed by atoms with E-state index in [1.165, 1.54) is 0 Å². The summed E-state index contributed by atoms with van der Waals surface area (Å²) in [5.74, 6) is 2.05. The van der Waals surface area contributed by atoms with Crippen LogP contribution in [0.3, 0.4) is 0 Å². The predicted molar refractivity (Wildman–Crippen MR) is 99.4 cm³/mol. The molecule has 4 rings (SSSR count). The van der Waals surface area contributed by atoms with Gasteiger partial charge in [0.05, 0.1) is 12.2 Å². The van der Waals surface area contributed by atoms with E-state index in [-0.39, 0.29) is 5.91 Å². The fraction of sp³-hybridized carbons (Fsp3) is 0.400. The Morgan fingerprint density at radius 1 is 1.26 bits per heavy atom. The molecule has 3 aromatic rings. The van der Waals surface area contributed by atoms with E-state index >= 15 is 0 Å². The molecule has 0 spiro atoms. The second kappa shape index (κ2) is 7.34. The van der Waals surface area contributed by atoms with Gasteiger partial charge in [-0.1, -0.05) is 11.2 Å². The van der Waals surface area contributed by atoms with Crippen molar-refractivity contribution in [3.63, 3.8) is 0 Å². The van der Waals surface area contributed by atoms with Gasteiger partial charge in [-0.2, -0.15) is 0 Å². The van der Waals surface area contributed by atoms with Gasteiger partial charge in [0.25, 0.3) is 5.91 Å². The molecule has 7 nitrogen and oxygen atoms in total. The van der Waals surface area contributed by atoms with Gasteiger partial charge in [0.2, 0.25) is 0 Å². The van der Waals surface area contributed by atoms with Crippen molar-refractivity contribution in [3.05, 3.63) is 65.3 Å². The highest BCUT2D eigenvalue weighted by Gasteiger charge is 2.29. The molecule has 1 aliphatic rings. The third-order valence-electron chi connectivity index (χ3n) is 5.22. The van der Waals surface area contributed by atoms with Gasteiger partial charge in [0, 0.05) is 43.8 Å². The molecule has 0 radical (unpaired) electrons. The Labute approximate surface area is 158 Å². The average molecular weight is 365 g/mol. The molecule has 1 fully saturated rings. The van der Waals surface area contributed by atoms with Gasteiger partial charge < -0.3 is 14.0 Å². The molecule has 1 amide bonds. The first kappa shape index (κ1) is 17.5. The number of rotatable bonds is 4. The van der Waals surface area contributed by atoms with Crippen LogP contribution >= 0.6 is 0 Å². The molecule has 0 aliphatic carbocycles. The Hall–Kier alpha value is -2.96. The Bertz CT molecular complexity index is 904. The number of imidazole rings is 1. The van der Waals surface area contributed by atoms with Crippen LogP contribution in [0.5, 0.6) is 0 Å². The summed E-state index contributed by atoms with van der Waals surface area (Å²) in [7, 11) is 0. The van der Waals surface area contributed by atoms with Crippen molar-refractivity contribution in [2.75, 3.05) is 13.1 Å². The maximum absolute atomic E-state index is 12.8. The zero-order chi connectivity index (χ0) is 18.8. The zero-order valence-corrected chi connectivity index (χ0v) is 15.6. The molecule has 0 N–H and O–H groups in total. The van der Waals surface area contributed by atoms with Crippen LogP contribution in [0.25, 0.3) is 0 Å². The summed E-state index contributed by atoms with van der Waals surface area (Å²) in [6.07, 6.45) is 9.34. The van der Waals surface area contributed by atoms with Crippen LogP contribution in [0.2, 0.25) is 0 Å². The number of likely N-dealkylation sites (tertiary alicyclic amines) is 1.